The number of hydrogen-bond donors (Lipinski definition) is 1. The van der Waals surface area contributed by atoms with Crippen molar-refractivity contribution in [2.45, 2.75) is 26.3 Å². The van der Waals surface area contributed by atoms with E-state index in [0.717, 1.165) is 29.1 Å². The van der Waals surface area contributed by atoms with Crippen LogP contribution in [0.3, 0.4) is 0 Å². The minimum absolute atomic E-state index is 0.157. The van der Waals surface area contributed by atoms with Gasteiger partial charge in [-0.2, -0.15) is 0 Å². The van der Waals surface area contributed by atoms with Crippen molar-refractivity contribution in [2.24, 2.45) is 0 Å². The van der Waals surface area contributed by atoms with E-state index in [-0.39, 0.29) is 6.04 Å². The zero-order valence-electron chi connectivity index (χ0n) is 12.1. The molecule has 0 amide bonds. The largest absolute Gasteiger partial charge is 0.310 e. The summed E-state index contributed by atoms with van der Waals surface area (Å²) in [6.07, 6.45) is 0.810. The summed E-state index contributed by atoms with van der Waals surface area (Å²) < 4.78 is 0. The van der Waals surface area contributed by atoms with Crippen LogP contribution < -0.4 is 5.32 Å². The molecule has 0 bridgehead atoms. The lowest BCUT2D eigenvalue weighted by atomic mass is 9.98. The maximum Gasteiger partial charge on any atom is 0.0595 e. The van der Waals surface area contributed by atoms with E-state index in [2.05, 4.69) is 24.4 Å². The summed E-state index contributed by atoms with van der Waals surface area (Å²) in [6, 6.07) is 12.1. The van der Waals surface area contributed by atoms with Gasteiger partial charge in [0.1, 0.15) is 0 Å². The molecule has 1 unspecified atom stereocenters. The molecule has 0 heterocycles. The van der Waals surface area contributed by atoms with Crippen LogP contribution in [0.4, 0.5) is 0 Å². The second-order valence-electron chi connectivity index (χ2n) is 5.08. The van der Waals surface area contributed by atoms with Gasteiger partial charge < -0.3 is 5.32 Å². The Balaban J connectivity index is 2.28. The van der Waals surface area contributed by atoms with Crippen LogP contribution in [0.5, 0.6) is 0 Å². The molecular weight excluding hydrogens is 325 g/mol. The first-order valence-electron chi connectivity index (χ1n) is 6.94. The van der Waals surface area contributed by atoms with E-state index in [1.807, 2.05) is 31.2 Å². The first-order chi connectivity index (χ1) is 10.0. The van der Waals surface area contributed by atoms with Crippen LogP contribution in [-0.4, -0.2) is 6.54 Å². The third kappa shape index (κ3) is 4.37. The molecule has 0 aliphatic carbocycles. The molecule has 112 valence electrons. The molecule has 0 aliphatic rings. The minimum Gasteiger partial charge on any atom is -0.310 e. The smallest absolute Gasteiger partial charge is 0.0595 e. The van der Waals surface area contributed by atoms with Gasteiger partial charge >= 0.3 is 0 Å². The van der Waals surface area contributed by atoms with Gasteiger partial charge in [-0.25, -0.2) is 0 Å². The molecule has 2 aromatic carbocycles. The lowest BCUT2D eigenvalue weighted by Crippen LogP contribution is -2.23. The second kappa shape index (κ2) is 7.51. The highest BCUT2D eigenvalue weighted by atomic mass is 35.5. The van der Waals surface area contributed by atoms with E-state index in [1.54, 1.807) is 0 Å². The van der Waals surface area contributed by atoms with Crippen molar-refractivity contribution in [3.05, 3.63) is 68.2 Å². The zero-order valence-corrected chi connectivity index (χ0v) is 14.4. The standard InChI is InChI=1S/C17H18Cl3N/c1-3-21-17(13-6-7-14(18)16(20)9-13)10-12-5-4-11(2)8-15(12)19/h4-9,17,21H,3,10H2,1-2H3. The van der Waals surface area contributed by atoms with Crippen LogP contribution in [0, 0.1) is 6.92 Å². The van der Waals surface area contributed by atoms with Crippen molar-refractivity contribution in [1.82, 2.24) is 5.32 Å². The number of nitrogens with one attached hydrogen (secondary N) is 1. The summed E-state index contributed by atoms with van der Waals surface area (Å²) in [4.78, 5) is 0. The average molecular weight is 343 g/mol. The third-order valence-electron chi connectivity index (χ3n) is 3.43. The predicted octanol–water partition coefficient (Wildman–Crippen LogP) is 5.85. The van der Waals surface area contributed by atoms with Crippen LogP contribution in [0.2, 0.25) is 15.1 Å². The van der Waals surface area contributed by atoms with Crippen molar-refractivity contribution in [2.75, 3.05) is 6.54 Å². The summed E-state index contributed by atoms with van der Waals surface area (Å²) in [5, 5.41) is 5.43. The highest BCUT2D eigenvalue weighted by molar-refractivity contribution is 6.42. The Hall–Kier alpha value is -0.730. The molecule has 1 atom stereocenters. The van der Waals surface area contributed by atoms with Crippen LogP contribution in [-0.2, 0) is 6.42 Å². The molecule has 0 aliphatic heterocycles. The average Bonchev–Trinajstić information content (AvgIpc) is 2.44. The molecule has 4 heteroatoms. The summed E-state index contributed by atoms with van der Waals surface area (Å²) in [5.74, 6) is 0. The number of benzene rings is 2. The maximum atomic E-state index is 6.34. The monoisotopic (exact) mass is 341 g/mol. The van der Waals surface area contributed by atoms with Crippen molar-refractivity contribution in [3.63, 3.8) is 0 Å². The topological polar surface area (TPSA) is 12.0 Å². The van der Waals surface area contributed by atoms with E-state index in [0.29, 0.717) is 10.0 Å². The highest BCUT2D eigenvalue weighted by Crippen LogP contribution is 2.29. The molecule has 2 aromatic rings. The Labute approximate surface area is 141 Å². The molecule has 0 radical (unpaired) electrons. The summed E-state index contributed by atoms with van der Waals surface area (Å²) in [7, 11) is 0. The van der Waals surface area contributed by atoms with Gasteiger partial charge in [0.15, 0.2) is 0 Å². The van der Waals surface area contributed by atoms with E-state index < -0.39 is 0 Å². The summed E-state index contributed by atoms with van der Waals surface area (Å²) >= 11 is 18.5. The summed E-state index contributed by atoms with van der Waals surface area (Å²) in [5.41, 5.74) is 3.40. The Morgan fingerprint density at radius 3 is 2.33 bits per heavy atom. The number of aryl methyl sites for hydroxylation is 1. The number of halogens is 3. The molecule has 0 spiro atoms. The molecule has 21 heavy (non-hydrogen) atoms. The first kappa shape index (κ1) is 16.6. The highest BCUT2D eigenvalue weighted by Gasteiger charge is 2.14. The second-order valence-corrected chi connectivity index (χ2v) is 6.30. The van der Waals surface area contributed by atoms with Crippen LogP contribution in [0.15, 0.2) is 36.4 Å². The molecule has 0 fully saturated rings. The van der Waals surface area contributed by atoms with Gasteiger partial charge in [0, 0.05) is 11.1 Å². The third-order valence-corrected chi connectivity index (χ3v) is 4.52. The lowest BCUT2D eigenvalue weighted by molar-refractivity contribution is 0.550. The van der Waals surface area contributed by atoms with Gasteiger partial charge in [0.2, 0.25) is 0 Å². The predicted molar refractivity (Wildman–Crippen MR) is 92.8 cm³/mol. The minimum atomic E-state index is 0.157. The summed E-state index contributed by atoms with van der Waals surface area (Å²) in [6.45, 7) is 4.99. The van der Waals surface area contributed by atoms with Crippen LogP contribution in [0.1, 0.15) is 29.7 Å². The van der Waals surface area contributed by atoms with E-state index >= 15 is 0 Å². The van der Waals surface area contributed by atoms with Crippen molar-refractivity contribution in [3.8, 4) is 0 Å². The maximum absolute atomic E-state index is 6.34. The van der Waals surface area contributed by atoms with E-state index in [1.165, 1.54) is 5.56 Å². The molecule has 0 aromatic heterocycles. The fraction of sp³-hybridized carbons (Fsp3) is 0.294. The van der Waals surface area contributed by atoms with Crippen LogP contribution >= 0.6 is 34.8 Å². The van der Waals surface area contributed by atoms with Gasteiger partial charge in [0.25, 0.3) is 0 Å². The Kier molecular flexibility index (Phi) is 5.95. The van der Waals surface area contributed by atoms with Crippen LogP contribution in [0.25, 0.3) is 0 Å². The van der Waals surface area contributed by atoms with Gasteiger partial charge in [-0.1, -0.05) is 59.9 Å². The quantitative estimate of drug-likeness (QED) is 0.719. The molecule has 0 saturated carbocycles. The Morgan fingerprint density at radius 1 is 0.952 bits per heavy atom. The van der Waals surface area contributed by atoms with E-state index in [4.69, 9.17) is 34.8 Å². The van der Waals surface area contributed by atoms with Gasteiger partial charge in [0.05, 0.1) is 10.0 Å². The molecule has 0 saturated heterocycles. The number of likely N-dealkylation sites (N-methyl/N-ethyl adjacent to an activating group) is 1. The fourth-order valence-electron chi connectivity index (χ4n) is 2.32. The SMILES string of the molecule is CCNC(Cc1ccc(C)cc1Cl)c1ccc(Cl)c(Cl)c1. The Morgan fingerprint density at radius 2 is 1.71 bits per heavy atom. The lowest BCUT2D eigenvalue weighted by Gasteiger charge is -2.20. The van der Waals surface area contributed by atoms with Crippen molar-refractivity contribution in [1.29, 1.82) is 0 Å². The number of hydrogen-bond acceptors (Lipinski definition) is 1. The van der Waals surface area contributed by atoms with Gasteiger partial charge in [-0.05, 0) is 54.8 Å². The zero-order chi connectivity index (χ0) is 15.4. The molecule has 2 rings (SSSR count). The van der Waals surface area contributed by atoms with E-state index in [9.17, 15) is 0 Å². The molecular formula is C17H18Cl3N. The van der Waals surface area contributed by atoms with Crippen molar-refractivity contribution < 1.29 is 0 Å². The number of rotatable bonds is 5. The first-order valence-corrected chi connectivity index (χ1v) is 8.08. The molecule has 1 nitrogen and oxygen atoms in total. The van der Waals surface area contributed by atoms with Crippen molar-refractivity contribution >= 4 is 34.8 Å². The van der Waals surface area contributed by atoms with Gasteiger partial charge in [-0.3, -0.25) is 0 Å². The Bertz CT molecular complexity index is 625. The fourth-order valence-corrected chi connectivity index (χ4v) is 2.94. The molecule has 1 N–H and O–H groups in total. The normalized spacial score (nSPS) is 12.4. The van der Waals surface area contributed by atoms with Gasteiger partial charge in [-0.15, -0.1) is 0 Å².